The molecule has 0 atom stereocenters. The first kappa shape index (κ1) is 13.7. The van der Waals surface area contributed by atoms with E-state index in [-0.39, 0.29) is 5.41 Å². The summed E-state index contributed by atoms with van der Waals surface area (Å²) in [6.45, 7) is 8.76. The van der Waals surface area contributed by atoms with E-state index < -0.39 is 0 Å². The van der Waals surface area contributed by atoms with Crippen LogP contribution in [0.4, 0.5) is 0 Å². The number of allylic oxidation sites excluding steroid dienone is 4. The molecule has 0 N–H and O–H groups in total. The maximum Gasteiger partial charge on any atom is 0.133 e. The van der Waals surface area contributed by atoms with Gasteiger partial charge in [0.2, 0.25) is 0 Å². The molecule has 0 spiro atoms. The summed E-state index contributed by atoms with van der Waals surface area (Å²) in [5, 5.41) is 18.3. The van der Waals surface area contributed by atoms with Crippen LogP contribution in [0.25, 0.3) is 0 Å². The van der Waals surface area contributed by atoms with Gasteiger partial charge in [-0.25, -0.2) is 0 Å². The van der Waals surface area contributed by atoms with Gasteiger partial charge in [-0.1, -0.05) is 13.8 Å². The summed E-state index contributed by atoms with van der Waals surface area (Å²) >= 11 is 0. The first-order chi connectivity index (χ1) is 8.98. The fourth-order valence-electron chi connectivity index (χ4n) is 3.21. The van der Waals surface area contributed by atoms with Crippen molar-refractivity contribution in [3.05, 3.63) is 22.4 Å². The number of nitrogens with zero attached hydrogens (tertiary/aromatic N) is 3. The van der Waals surface area contributed by atoms with Crippen LogP contribution < -0.4 is 0 Å². The summed E-state index contributed by atoms with van der Waals surface area (Å²) in [6.07, 6.45) is 4.37. The molecule has 3 nitrogen and oxygen atoms in total. The molecule has 0 aromatic rings. The summed E-state index contributed by atoms with van der Waals surface area (Å²) in [5.74, 6) is 0. The smallest absolute Gasteiger partial charge is 0.133 e. The van der Waals surface area contributed by atoms with Gasteiger partial charge in [0.05, 0.1) is 0 Å². The summed E-state index contributed by atoms with van der Waals surface area (Å²) in [4.78, 5) is 2.45. The Labute approximate surface area is 115 Å². The Balaban J connectivity index is 2.51. The second kappa shape index (κ2) is 5.10. The molecule has 0 bridgehead atoms. The van der Waals surface area contributed by atoms with E-state index in [2.05, 4.69) is 37.8 Å². The van der Waals surface area contributed by atoms with Crippen molar-refractivity contribution in [3.63, 3.8) is 0 Å². The van der Waals surface area contributed by atoms with E-state index in [9.17, 15) is 0 Å². The minimum Gasteiger partial charge on any atom is -0.375 e. The first-order valence-electron chi connectivity index (χ1n) is 6.97. The monoisotopic (exact) mass is 255 g/mol. The van der Waals surface area contributed by atoms with Crippen molar-refractivity contribution < 1.29 is 0 Å². The third-order valence-corrected chi connectivity index (χ3v) is 4.20. The van der Waals surface area contributed by atoms with Crippen molar-refractivity contribution in [1.82, 2.24) is 4.90 Å². The van der Waals surface area contributed by atoms with Crippen LogP contribution in [0.5, 0.6) is 0 Å². The van der Waals surface area contributed by atoms with E-state index in [1.54, 1.807) is 0 Å². The molecule has 0 unspecified atom stereocenters. The Morgan fingerprint density at radius 1 is 1.11 bits per heavy atom. The molecule has 19 heavy (non-hydrogen) atoms. The standard InChI is InChI=1S/C16H21N3/c1-12-14(13(10-17)11-18)8-16(2,3)9-15(12)19-6-4-5-7-19/h4-9H2,1-3H3. The Kier molecular flexibility index (Phi) is 3.67. The SMILES string of the molecule is CC1=C(N2CCCC2)CC(C)(C)CC1=C(C#N)C#N. The topological polar surface area (TPSA) is 50.8 Å². The lowest BCUT2D eigenvalue weighted by Gasteiger charge is -2.38. The van der Waals surface area contributed by atoms with Gasteiger partial charge < -0.3 is 4.90 Å². The van der Waals surface area contributed by atoms with Gasteiger partial charge in [-0.15, -0.1) is 0 Å². The summed E-state index contributed by atoms with van der Waals surface area (Å²) < 4.78 is 0. The van der Waals surface area contributed by atoms with Gasteiger partial charge in [-0.2, -0.15) is 10.5 Å². The van der Waals surface area contributed by atoms with Crippen molar-refractivity contribution >= 4 is 0 Å². The van der Waals surface area contributed by atoms with E-state index in [0.29, 0.717) is 5.57 Å². The lowest BCUT2D eigenvalue weighted by molar-refractivity contribution is 0.285. The van der Waals surface area contributed by atoms with E-state index in [1.165, 1.54) is 24.1 Å². The normalized spacial score (nSPS) is 22.2. The van der Waals surface area contributed by atoms with Gasteiger partial charge in [0.1, 0.15) is 17.7 Å². The summed E-state index contributed by atoms with van der Waals surface area (Å²) in [7, 11) is 0. The van der Waals surface area contributed by atoms with Crippen molar-refractivity contribution in [1.29, 1.82) is 10.5 Å². The first-order valence-corrected chi connectivity index (χ1v) is 6.97. The van der Waals surface area contributed by atoms with Gasteiger partial charge in [-0.3, -0.25) is 0 Å². The number of likely N-dealkylation sites (tertiary alicyclic amines) is 1. The molecule has 1 fully saturated rings. The molecule has 0 aromatic carbocycles. The highest BCUT2D eigenvalue weighted by Gasteiger charge is 2.33. The fourth-order valence-corrected chi connectivity index (χ4v) is 3.21. The summed E-state index contributed by atoms with van der Waals surface area (Å²) in [5.41, 5.74) is 3.90. The van der Waals surface area contributed by atoms with Crippen LogP contribution in [0, 0.1) is 28.1 Å². The maximum absolute atomic E-state index is 9.15. The predicted octanol–water partition coefficient (Wildman–Crippen LogP) is 3.52. The molecule has 100 valence electrons. The number of hydrogen-bond acceptors (Lipinski definition) is 3. The molecule has 0 aromatic heterocycles. The van der Waals surface area contributed by atoms with Crippen molar-refractivity contribution in [2.24, 2.45) is 5.41 Å². The van der Waals surface area contributed by atoms with Crippen LogP contribution in [0.15, 0.2) is 22.4 Å². The lowest BCUT2D eigenvalue weighted by Crippen LogP contribution is -2.29. The number of rotatable bonds is 1. The molecule has 3 heteroatoms. The second-order valence-electron chi connectivity index (χ2n) is 6.36. The van der Waals surface area contributed by atoms with Gasteiger partial charge in [0, 0.05) is 18.8 Å². The zero-order chi connectivity index (χ0) is 14.0. The lowest BCUT2D eigenvalue weighted by atomic mass is 9.73. The zero-order valence-electron chi connectivity index (χ0n) is 12.1. The van der Waals surface area contributed by atoms with Crippen molar-refractivity contribution in [2.45, 2.75) is 46.5 Å². The minimum absolute atomic E-state index is 0.131. The van der Waals surface area contributed by atoms with Crippen LogP contribution >= 0.6 is 0 Å². The molecule has 1 aliphatic heterocycles. The van der Waals surface area contributed by atoms with E-state index >= 15 is 0 Å². The molecule has 1 heterocycles. The van der Waals surface area contributed by atoms with E-state index in [1.807, 2.05) is 0 Å². The van der Waals surface area contributed by atoms with Gasteiger partial charge >= 0.3 is 0 Å². The highest BCUT2D eigenvalue weighted by atomic mass is 15.2. The van der Waals surface area contributed by atoms with Crippen LogP contribution in [-0.4, -0.2) is 18.0 Å². The average Bonchev–Trinajstić information content (AvgIpc) is 2.88. The third kappa shape index (κ3) is 2.66. The largest absolute Gasteiger partial charge is 0.375 e. The molecule has 0 amide bonds. The molecule has 2 rings (SSSR count). The van der Waals surface area contributed by atoms with Crippen molar-refractivity contribution in [2.75, 3.05) is 13.1 Å². The van der Waals surface area contributed by atoms with E-state index in [4.69, 9.17) is 10.5 Å². The molecular weight excluding hydrogens is 234 g/mol. The fraction of sp³-hybridized carbons (Fsp3) is 0.625. The quantitative estimate of drug-likeness (QED) is 0.674. The molecule has 1 saturated heterocycles. The van der Waals surface area contributed by atoms with Gasteiger partial charge in [0.15, 0.2) is 0 Å². The third-order valence-electron chi connectivity index (χ3n) is 4.20. The maximum atomic E-state index is 9.15. The molecule has 1 aliphatic carbocycles. The Bertz CT molecular complexity index is 501. The van der Waals surface area contributed by atoms with Gasteiger partial charge in [-0.05, 0) is 49.2 Å². The molecule has 2 aliphatic rings. The molecular formula is C16H21N3. The van der Waals surface area contributed by atoms with Crippen LogP contribution in [0.2, 0.25) is 0 Å². The van der Waals surface area contributed by atoms with Crippen LogP contribution in [0.1, 0.15) is 46.5 Å². The van der Waals surface area contributed by atoms with Crippen LogP contribution in [-0.2, 0) is 0 Å². The molecule has 0 radical (unpaired) electrons. The number of hydrogen-bond donors (Lipinski definition) is 0. The number of nitriles is 2. The summed E-state index contributed by atoms with van der Waals surface area (Å²) in [6, 6.07) is 4.13. The molecule has 0 saturated carbocycles. The Morgan fingerprint density at radius 2 is 1.68 bits per heavy atom. The Morgan fingerprint density at radius 3 is 2.21 bits per heavy atom. The highest BCUT2D eigenvalue weighted by molar-refractivity contribution is 5.51. The predicted molar refractivity (Wildman–Crippen MR) is 74.8 cm³/mol. The van der Waals surface area contributed by atoms with E-state index in [0.717, 1.165) is 31.5 Å². The highest BCUT2D eigenvalue weighted by Crippen LogP contribution is 2.44. The van der Waals surface area contributed by atoms with Crippen LogP contribution in [0.3, 0.4) is 0 Å². The second-order valence-corrected chi connectivity index (χ2v) is 6.36. The minimum atomic E-state index is 0.131. The van der Waals surface area contributed by atoms with Gasteiger partial charge in [0.25, 0.3) is 0 Å². The van der Waals surface area contributed by atoms with Crippen molar-refractivity contribution in [3.8, 4) is 12.1 Å². The Hall–Kier alpha value is -1.74. The average molecular weight is 255 g/mol. The zero-order valence-corrected chi connectivity index (χ0v) is 12.1.